The van der Waals surface area contributed by atoms with Crippen molar-refractivity contribution in [2.24, 2.45) is 0 Å². The lowest BCUT2D eigenvalue weighted by Crippen LogP contribution is -2.23. The Morgan fingerprint density at radius 1 is 0.550 bits per heavy atom. The quantitative estimate of drug-likeness (QED) is 0.651. The molecule has 20 heavy (non-hydrogen) atoms. The van der Waals surface area contributed by atoms with Gasteiger partial charge in [0.15, 0.2) is 0 Å². The fraction of sp³-hybridized carbons (Fsp3) is 0. The third-order valence-corrected chi connectivity index (χ3v) is 3.48. The number of aromatic nitrogens is 3. The Kier molecular flexibility index (Phi) is 3.26. The zero-order valence-corrected chi connectivity index (χ0v) is 11.2. The van der Waals surface area contributed by atoms with Crippen molar-refractivity contribution in [3.8, 4) is 0 Å². The molecule has 8 heteroatoms. The van der Waals surface area contributed by atoms with Crippen LogP contribution in [0.4, 0.5) is 0 Å². The first-order valence-corrected chi connectivity index (χ1v) is 7.29. The van der Waals surface area contributed by atoms with E-state index >= 15 is 0 Å². The maximum atomic E-state index is 12.7. The van der Waals surface area contributed by atoms with Gasteiger partial charge in [-0.1, -0.05) is 0 Å². The molecular formula is C12H12N3O4P. The van der Waals surface area contributed by atoms with Crippen LogP contribution in [0.3, 0.4) is 0 Å². The van der Waals surface area contributed by atoms with E-state index in [-0.39, 0.29) is 0 Å². The normalized spacial score (nSPS) is 11.2. The molecule has 0 bridgehead atoms. The molecule has 0 atom stereocenters. The van der Waals surface area contributed by atoms with Gasteiger partial charge in [0, 0.05) is 37.2 Å². The molecule has 0 aliphatic rings. The van der Waals surface area contributed by atoms with Crippen molar-refractivity contribution in [1.29, 1.82) is 0 Å². The summed E-state index contributed by atoms with van der Waals surface area (Å²) in [4.78, 5) is 0. The Bertz CT molecular complexity index is 581. The summed E-state index contributed by atoms with van der Waals surface area (Å²) in [6.07, 6.45) is 9.53. The van der Waals surface area contributed by atoms with Crippen LogP contribution in [0.15, 0.2) is 73.6 Å². The number of nitrogens with zero attached hydrogens (tertiary/aromatic N) is 3. The molecule has 0 aliphatic heterocycles. The van der Waals surface area contributed by atoms with Crippen molar-refractivity contribution in [3.63, 3.8) is 0 Å². The van der Waals surface area contributed by atoms with E-state index in [2.05, 4.69) is 0 Å². The molecule has 0 spiro atoms. The Hall–Kier alpha value is -2.53. The van der Waals surface area contributed by atoms with Crippen molar-refractivity contribution in [1.82, 2.24) is 14.2 Å². The molecule has 0 saturated heterocycles. The van der Waals surface area contributed by atoms with Gasteiger partial charge in [-0.3, -0.25) is 13.9 Å². The first-order chi connectivity index (χ1) is 9.73. The summed E-state index contributed by atoms with van der Waals surface area (Å²) >= 11 is 0. The summed E-state index contributed by atoms with van der Waals surface area (Å²) in [6, 6.07) is 10.4. The lowest BCUT2D eigenvalue weighted by atomic mass is 10.7. The summed E-state index contributed by atoms with van der Waals surface area (Å²) in [5.41, 5.74) is 0. The molecule has 0 unspecified atom stereocenters. The minimum Gasteiger partial charge on any atom is -0.291 e. The van der Waals surface area contributed by atoms with Crippen LogP contribution in [0.25, 0.3) is 0 Å². The summed E-state index contributed by atoms with van der Waals surface area (Å²) in [7, 11) is -3.90. The lowest BCUT2D eigenvalue weighted by molar-refractivity contribution is 0.0895. The van der Waals surface area contributed by atoms with E-state index in [9.17, 15) is 4.57 Å². The Morgan fingerprint density at radius 3 is 1.05 bits per heavy atom. The highest BCUT2D eigenvalue weighted by Gasteiger charge is 2.35. The largest absolute Gasteiger partial charge is 0.705 e. The van der Waals surface area contributed by atoms with Gasteiger partial charge in [-0.15, -0.1) is 0 Å². The van der Waals surface area contributed by atoms with Gasteiger partial charge in [0.25, 0.3) is 0 Å². The Labute approximate surface area is 115 Å². The van der Waals surface area contributed by atoms with E-state index in [1.165, 1.54) is 14.2 Å². The average Bonchev–Trinajstić information content (AvgIpc) is 3.11. The van der Waals surface area contributed by atoms with Crippen molar-refractivity contribution in [2.45, 2.75) is 0 Å². The van der Waals surface area contributed by atoms with Crippen molar-refractivity contribution in [2.75, 3.05) is 0 Å². The van der Waals surface area contributed by atoms with Gasteiger partial charge in [-0.05, 0) is 36.4 Å². The molecule has 3 rings (SSSR count). The maximum absolute atomic E-state index is 12.7. The molecule has 0 saturated carbocycles. The number of rotatable bonds is 6. The first kappa shape index (κ1) is 12.5. The van der Waals surface area contributed by atoms with E-state index in [4.69, 9.17) is 13.9 Å². The molecule has 3 aromatic rings. The lowest BCUT2D eigenvalue weighted by Gasteiger charge is -2.18. The first-order valence-electron chi connectivity index (χ1n) is 5.83. The van der Waals surface area contributed by atoms with Crippen LogP contribution in [0.2, 0.25) is 0 Å². The number of hydrogen-bond acceptors (Lipinski definition) is 4. The van der Waals surface area contributed by atoms with Crippen LogP contribution in [-0.2, 0) is 4.57 Å². The molecule has 0 radical (unpaired) electrons. The highest BCUT2D eigenvalue weighted by atomic mass is 31.2. The number of hydrogen-bond donors (Lipinski definition) is 0. The van der Waals surface area contributed by atoms with Gasteiger partial charge in [-0.2, -0.15) is 18.8 Å². The predicted molar refractivity (Wildman–Crippen MR) is 70.6 cm³/mol. The summed E-state index contributed by atoms with van der Waals surface area (Å²) in [5, 5.41) is 0. The molecule has 0 aliphatic carbocycles. The van der Waals surface area contributed by atoms with E-state index in [1.54, 1.807) is 73.6 Å². The molecule has 3 heterocycles. The van der Waals surface area contributed by atoms with Crippen molar-refractivity contribution < 1.29 is 18.4 Å². The van der Waals surface area contributed by atoms with Gasteiger partial charge in [0.2, 0.25) is 0 Å². The van der Waals surface area contributed by atoms with E-state index < -0.39 is 7.82 Å². The molecule has 0 aromatic carbocycles. The van der Waals surface area contributed by atoms with Crippen LogP contribution in [-0.4, -0.2) is 14.2 Å². The molecule has 0 fully saturated rings. The third-order valence-electron chi connectivity index (χ3n) is 2.31. The molecule has 0 N–H and O–H groups in total. The van der Waals surface area contributed by atoms with E-state index in [1.807, 2.05) is 0 Å². The van der Waals surface area contributed by atoms with Crippen LogP contribution < -0.4 is 13.9 Å². The summed E-state index contributed by atoms with van der Waals surface area (Å²) in [6.45, 7) is 0. The van der Waals surface area contributed by atoms with Crippen LogP contribution in [0.1, 0.15) is 0 Å². The summed E-state index contributed by atoms with van der Waals surface area (Å²) in [5.74, 6) is 0. The zero-order chi connectivity index (χ0) is 13.8. The maximum Gasteiger partial charge on any atom is 0.705 e. The Balaban J connectivity index is 1.83. The number of phosphoric acid groups is 1. The van der Waals surface area contributed by atoms with E-state index in [0.717, 1.165) is 0 Å². The van der Waals surface area contributed by atoms with Crippen LogP contribution in [0.5, 0.6) is 0 Å². The second-order valence-electron chi connectivity index (χ2n) is 3.82. The van der Waals surface area contributed by atoms with E-state index in [0.29, 0.717) is 0 Å². The molecule has 0 amide bonds. The minimum absolute atomic E-state index is 1.26. The summed E-state index contributed by atoms with van der Waals surface area (Å²) < 4.78 is 32.3. The predicted octanol–water partition coefficient (Wildman–Crippen LogP) is 1.89. The SMILES string of the molecule is O=P(On1cccc1)(On1cccc1)On1cccc1. The molecular weight excluding hydrogens is 281 g/mol. The monoisotopic (exact) mass is 293 g/mol. The highest BCUT2D eigenvalue weighted by molar-refractivity contribution is 7.49. The van der Waals surface area contributed by atoms with Gasteiger partial charge < -0.3 is 0 Å². The van der Waals surface area contributed by atoms with Crippen LogP contribution in [0, 0.1) is 0 Å². The van der Waals surface area contributed by atoms with Gasteiger partial charge in [0.1, 0.15) is 0 Å². The molecule has 104 valence electrons. The molecule has 3 aromatic heterocycles. The van der Waals surface area contributed by atoms with Gasteiger partial charge in [-0.25, -0.2) is 0 Å². The minimum atomic E-state index is -3.90. The van der Waals surface area contributed by atoms with Crippen molar-refractivity contribution in [3.05, 3.63) is 73.6 Å². The fourth-order valence-electron chi connectivity index (χ4n) is 1.51. The van der Waals surface area contributed by atoms with Crippen LogP contribution >= 0.6 is 7.82 Å². The highest BCUT2D eigenvalue weighted by Crippen LogP contribution is 2.38. The second-order valence-corrected chi connectivity index (χ2v) is 5.21. The topological polar surface area (TPSA) is 59.6 Å². The smallest absolute Gasteiger partial charge is 0.291 e. The average molecular weight is 293 g/mol. The second kappa shape index (κ2) is 5.22. The Morgan fingerprint density at radius 2 is 0.800 bits per heavy atom. The fourth-order valence-corrected chi connectivity index (χ4v) is 2.62. The van der Waals surface area contributed by atoms with Gasteiger partial charge >= 0.3 is 7.82 Å². The third kappa shape index (κ3) is 2.89. The van der Waals surface area contributed by atoms with Gasteiger partial charge in [0.05, 0.1) is 0 Å². The van der Waals surface area contributed by atoms with Crippen molar-refractivity contribution >= 4 is 7.82 Å². The zero-order valence-electron chi connectivity index (χ0n) is 10.4. The standard InChI is InChI=1S/C12H12N3O4P/c16-20(17-13-7-1-2-8-13,18-14-9-3-4-10-14)19-15-11-5-6-12-15/h1-12H. The molecule has 7 nitrogen and oxygen atoms in total.